The van der Waals surface area contributed by atoms with Crippen molar-refractivity contribution in [2.24, 2.45) is 0 Å². The van der Waals surface area contributed by atoms with Crippen LogP contribution in [0.3, 0.4) is 0 Å². The van der Waals surface area contributed by atoms with Crippen LogP contribution in [-0.2, 0) is 6.54 Å². The predicted octanol–water partition coefficient (Wildman–Crippen LogP) is 10.4. The maximum absolute atomic E-state index is 5.64. The zero-order chi connectivity index (χ0) is 36.6. The number of aryl methyl sites for hydroxylation is 1. The molecule has 1 aromatic carbocycles. The van der Waals surface area contributed by atoms with E-state index in [2.05, 4.69) is 148 Å². The van der Waals surface area contributed by atoms with Crippen LogP contribution in [0.2, 0.25) is 0 Å². The molecule has 0 radical (unpaired) electrons. The molecule has 0 saturated carbocycles. The molecular formula is C47H52N7+. The van der Waals surface area contributed by atoms with E-state index in [1.165, 1.54) is 36.8 Å². The number of rotatable bonds is 7. The van der Waals surface area contributed by atoms with Crippen LogP contribution in [-0.4, -0.2) is 55.9 Å². The topological polar surface area (TPSA) is 67.7 Å². The largest absolute Gasteiger partial charge is 0.355 e. The summed E-state index contributed by atoms with van der Waals surface area (Å²) in [5, 5.41) is 0. The number of benzene rings is 1. The van der Waals surface area contributed by atoms with Crippen molar-refractivity contribution in [1.82, 2.24) is 29.7 Å². The van der Waals surface area contributed by atoms with Gasteiger partial charge in [0.1, 0.15) is 6.54 Å². The first-order chi connectivity index (χ1) is 26.6. The summed E-state index contributed by atoms with van der Waals surface area (Å²) in [5.41, 5.74) is 15.6. The second kappa shape index (κ2) is 15.0. The molecule has 2 saturated heterocycles. The van der Waals surface area contributed by atoms with Crippen LogP contribution in [0.5, 0.6) is 0 Å². The third kappa shape index (κ3) is 6.23. The lowest BCUT2D eigenvalue weighted by molar-refractivity contribution is -0.682. The van der Waals surface area contributed by atoms with E-state index in [1.54, 1.807) is 0 Å². The van der Waals surface area contributed by atoms with Gasteiger partial charge in [0, 0.05) is 57.5 Å². The van der Waals surface area contributed by atoms with Crippen LogP contribution in [0.25, 0.3) is 68.8 Å². The van der Waals surface area contributed by atoms with Crippen LogP contribution in [0, 0.1) is 0 Å². The molecule has 274 valence electrons. The molecule has 4 aliphatic heterocycles. The second-order valence-electron chi connectivity index (χ2n) is 15.1. The molecule has 2 N–H and O–H groups in total. The first kappa shape index (κ1) is 34.6. The van der Waals surface area contributed by atoms with Gasteiger partial charge in [-0.05, 0) is 119 Å². The number of nitrogens with one attached hydrogen (secondary N) is 2. The molecule has 0 aliphatic carbocycles. The minimum atomic E-state index is 0.261. The Labute approximate surface area is 319 Å². The first-order valence-electron chi connectivity index (χ1n) is 20.3. The van der Waals surface area contributed by atoms with Crippen LogP contribution in [0.4, 0.5) is 0 Å². The standard InChI is InChI=1S/C47H51N7/c1-4-52-29-13-10-18-41(52)45-35-23-21-33(48-35)44(32-16-8-7-9-17-32)34-22-24-36(49-34)46(42-19-11-14-30-53(42)5-2)38-26-28-40(51-38)47(39-27-25-37(45)50-39)43-20-12-15-31-54(43)6-3/h7-10,13,16-18,21-29,42-43H,4-6,11-12,14-15,19-20,30-31H2,1-3H3,(H,48,49,50,51)/p+1. The Balaban J connectivity index is 1.44. The minimum Gasteiger partial charge on any atom is -0.355 e. The van der Waals surface area contributed by atoms with E-state index in [4.69, 9.17) is 9.97 Å². The Morgan fingerprint density at radius 3 is 1.76 bits per heavy atom. The molecule has 7 heteroatoms. The fraction of sp³-hybridized carbons (Fsp3) is 0.340. The van der Waals surface area contributed by atoms with E-state index in [-0.39, 0.29) is 12.1 Å². The van der Waals surface area contributed by atoms with E-state index in [9.17, 15) is 0 Å². The summed E-state index contributed by atoms with van der Waals surface area (Å²) in [6, 6.07) is 26.9. The molecule has 8 heterocycles. The van der Waals surface area contributed by atoms with Gasteiger partial charge in [-0.25, -0.2) is 9.97 Å². The van der Waals surface area contributed by atoms with Gasteiger partial charge in [0.2, 0.25) is 5.69 Å². The zero-order valence-corrected chi connectivity index (χ0v) is 32.0. The maximum atomic E-state index is 5.64. The molecule has 2 atom stereocenters. The maximum Gasteiger partial charge on any atom is 0.216 e. The molecule has 2 unspecified atom stereocenters. The van der Waals surface area contributed by atoms with Crippen molar-refractivity contribution in [3.05, 3.63) is 113 Å². The van der Waals surface area contributed by atoms with Crippen molar-refractivity contribution in [2.45, 2.75) is 77.9 Å². The summed E-state index contributed by atoms with van der Waals surface area (Å²) in [5.74, 6) is 0. The summed E-state index contributed by atoms with van der Waals surface area (Å²) in [6.45, 7) is 11.9. The molecule has 8 bridgehead atoms. The number of H-pyrrole nitrogens is 2. The van der Waals surface area contributed by atoms with Gasteiger partial charge in [0.15, 0.2) is 6.20 Å². The minimum absolute atomic E-state index is 0.261. The van der Waals surface area contributed by atoms with Crippen LogP contribution in [0.15, 0.2) is 79.0 Å². The first-order valence-corrected chi connectivity index (χ1v) is 20.3. The van der Waals surface area contributed by atoms with Crippen molar-refractivity contribution in [3.63, 3.8) is 0 Å². The average molecular weight is 715 g/mol. The Hall–Kier alpha value is -5.11. The Kier molecular flexibility index (Phi) is 9.60. The third-order valence-corrected chi connectivity index (χ3v) is 12.1. The molecule has 9 rings (SSSR count). The summed E-state index contributed by atoms with van der Waals surface area (Å²) in [6.07, 6.45) is 18.4. The van der Waals surface area contributed by atoms with Crippen molar-refractivity contribution in [2.75, 3.05) is 26.2 Å². The van der Waals surface area contributed by atoms with E-state index in [1.807, 2.05) is 0 Å². The van der Waals surface area contributed by atoms with Crippen molar-refractivity contribution in [1.29, 1.82) is 0 Å². The zero-order valence-electron chi connectivity index (χ0n) is 32.0. The van der Waals surface area contributed by atoms with Crippen molar-refractivity contribution in [3.8, 4) is 22.4 Å². The number of aromatic nitrogens is 5. The molecule has 0 amide bonds. The Morgan fingerprint density at radius 2 is 1.11 bits per heavy atom. The van der Waals surface area contributed by atoms with Gasteiger partial charge >= 0.3 is 0 Å². The summed E-state index contributed by atoms with van der Waals surface area (Å²) < 4.78 is 2.32. The molecule has 54 heavy (non-hydrogen) atoms. The summed E-state index contributed by atoms with van der Waals surface area (Å²) >= 11 is 0. The molecule has 5 aromatic rings. The monoisotopic (exact) mass is 714 g/mol. The number of nitrogens with zero attached hydrogens (tertiary/aromatic N) is 5. The molecular weight excluding hydrogens is 663 g/mol. The van der Waals surface area contributed by atoms with Crippen LogP contribution in [0.1, 0.15) is 105 Å². The van der Waals surface area contributed by atoms with Gasteiger partial charge in [-0.15, -0.1) is 0 Å². The number of hydrogen-bond acceptors (Lipinski definition) is 4. The number of piperidine rings is 2. The Morgan fingerprint density at radius 1 is 0.574 bits per heavy atom. The van der Waals surface area contributed by atoms with E-state index in [0.717, 1.165) is 113 Å². The highest BCUT2D eigenvalue weighted by atomic mass is 15.2. The number of aromatic amines is 2. The van der Waals surface area contributed by atoms with Gasteiger partial charge in [-0.3, -0.25) is 9.80 Å². The molecule has 2 fully saturated rings. The fourth-order valence-electron chi connectivity index (χ4n) is 9.50. The van der Waals surface area contributed by atoms with E-state index >= 15 is 0 Å². The lowest BCUT2D eigenvalue weighted by Gasteiger charge is -2.36. The molecule has 4 aliphatic rings. The summed E-state index contributed by atoms with van der Waals surface area (Å²) in [4.78, 5) is 24.4. The lowest BCUT2D eigenvalue weighted by atomic mass is 9.93. The van der Waals surface area contributed by atoms with Crippen molar-refractivity contribution < 1.29 is 4.57 Å². The quantitative estimate of drug-likeness (QED) is 0.161. The van der Waals surface area contributed by atoms with Crippen LogP contribution < -0.4 is 4.57 Å². The fourth-order valence-corrected chi connectivity index (χ4v) is 9.50. The highest BCUT2D eigenvalue weighted by Crippen LogP contribution is 2.41. The van der Waals surface area contributed by atoms with Crippen LogP contribution >= 0.6 is 0 Å². The van der Waals surface area contributed by atoms with Gasteiger partial charge in [-0.2, -0.15) is 4.57 Å². The summed E-state index contributed by atoms with van der Waals surface area (Å²) in [7, 11) is 0. The third-order valence-electron chi connectivity index (χ3n) is 12.1. The van der Waals surface area contributed by atoms with Gasteiger partial charge < -0.3 is 9.97 Å². The van der Waals surface area contributed by atoms with Gasteiger partial charge in [-0.1, -0.05) is 57.0 Å². The second-order valence-corrected chi connectivity index (χ2v) is 15.1. The molecule has 0 spiro atoms. The number of pyridine rings is 1. The highest BCUT2D eigenvalue weighted by molar-refractivity contribution is 5.96. The van der Waals surface area contributed by atoms with Gasteiger partial charge in [0.25, 0.3) is 0 Å². The number of fused-ring (bicyclic) bond motifs is 8. The smallest absolute Gasteiger partial charge is 0.216 e. The SMILES string of the molecule is CCN1CCCCC1c1c2nc(c(-c3cccc[n+]3CC)c3ccc([nH]3)c(-c3ccccc3)c3ccc([nH]3)c(C3CCCCN3CC)c3nc1C=C3)C=C2. The molecule has 4 aromatic heterocycles. The lowest BCUT2D eigenvalue weighted by Crippen LogP contribution is -2.34. The number of hydrogen-bond donors (Lipinski definition) is 2. The van der Waals surface area contributed by atoms with E-state index in [0.29, 0.717) is 0 Å². The van der Waals surface area contributed by atoms with E-state index < -0.39 is 0 Å². The van der Waals surface area contributed by atoms with Crippen molar-refractivity contribution >= 4 is 46.4 Å². The average Bonchev–Trinajstić information content (AvgIpc) is 4.07. The predicted molar refractivity (Wildman–Crippen MR) is 223 cm³/mol. The number of likely N-dealkylation sites (tertiary alicyclic amines) is 2. The normalized spacial score (nSPS) is 19.1. The highest BCUT2D eigenvalue weighted by Gasteiger charge is 2.31. The Bertz CT molecular complexity index is 2400. The van der Waals surface area contributed by atoms with Gasteiger partial charge in [0.05, 0.1) is 33.9 Å². The molecule has 7 nitrogen and oxygen atoms in total.